The van der Waals surface area contributed by atoms with Crippen LogP contribution >= 0.6 is 0 Å². The van der Waals surface area contributed by atoms with Gasteiger partial charge in [-0.1, -0.05) is 37.8 Å². The van der Waals surface area contributed by atoms with Gasteiger partial charge in [0.2, 0.25) is 5.91 Å². The molecule has 1 atom stereocenters. The number of phenols is 1. The molecule has 0 saturated carbocycles. The number of fused-ring (bicyclic) bond motifs is 1. The van der Waals surface area contributed by atoms with E-state index in [0.29, 0.717) is 62.7 Å². The number of carbonyl (C=O) groups excluding carboxylic acids is 4. The molecule has 0 aromatic heterocycles. The monoisotopic (exact) mass is 690 g/mol. The third-order valence-corrected chi connectivity index (χ3v) is 10.8. The third kappa shape index (κ3) is 8.34. The Morgan fingerprint density at radius 3 is 2.08 bits per heavy atom. The molecule has 3 fully saturated rings. The van der Waals surface area contributed by atoms with Crippen LogP contribution in [-0.4, -0.2) is 131 Å². The molecule has 2 aromatic rings. The van der Waals surface area contributed by atoms with Crippen LogP contribution in [0, 0.1) is 13.8 Å². The van der Waals surface area contributed by atoms with Gasteiger partial charge in [-0.25, -0.2) is 9.59 Å². The number of nitrogens with one attached hydrogen (secondary N) is 1. The van der Waals surface area contributed by atoms with Gasteiger partial charge >= 0.3 is 12.1 Å². The quantitative estimate of drug-likeness (QED) is 0.461. The van der Waals surface area contributed by atoms with E-state index in [2.05, 4.69) is 10.2 Å². The molecule has 2 N–H and O–H groups in total. The molecule has 0 aliphatic carbocycles. The molecule has 2 aromatic carbocycles. The standard InChI is InChI=1S/C37H50N6O6.CH4/c1-25-22-28(23-26(2)34(25)45)24-33(35(46)41-20-18-40(19-21-41)30-9-13-39(14-10-30)27(3)44)49-37(48)42-15-11-31(12-16-42)43-17-8-29-6-4-5-7-32(29)38-36(43)47;/h4-7,22-23,30-31,33,45H,8-21,24H2,1-3H3,(H,38,47);1H4/t33-;/m1./s1. The van der Waals surface area contributed by atoms with Gasteiger partial charge in [-0.3, -0.25) is 14.5 Å². The number of para-hydroxylation sites is 1. The van der Waals surface area contributed by atoms with Gasteiger partial charge in [0.15, 0.2) is 6.10 Å². The second kappa shape index (κ2) is 16.1. The van der Waals surface area contributed by atoms with Gasteiger partial charge in [0, 0.05) is 90.0 Å². The number of aryl methyl sites for hydroxylation is 2. The molecule has 12 heteroatoms. The highest BCUT2D eigenvalue weighted by Crippen LogP contribution is 2.27. The minimum atomic E-state index is -1.01. The first-order valence-electron chi connectivity index (χ1n) is 17.8. The largest absolute Gasteiger partial charge is 0.507 e. The van der Waals surface area contributed by atoms with Gasteiger partial charge in [-0.2, -0.15) is 0 Å². The van der Waals surface area contributed by atoms with E-state index in [9.17, 15) is 24.3 Å². The Kier molecular flexibility index (Phi) is 11.9. The summed E-state index contributed by atoms with van der Waals surface area (Å²) in [6.07, 6.45) is 2.57. The molecule has 4 aliphatic rings. The maximum absolute atomic E-state index is 14.0. The highest BCUT2D eigenvalue weighted by molar-refractivity contribution is 5.91. The molecule has 12 nitrogen and oxygen atoms in total. The number of phenolic OH excluding ortho intramolecular Hbond substituents is 1. The summed E-state index contributed by atoms with van der Waals surface area (Å²) >= 11 is 0. The lowest BCUT2D eigenvalue weighted by atomic mass is 10.00. The molecule has 0 spiro atoms. The minimum absolute atomic E-state index is 0. The zero-order valence-electron chi connectivity index (χ0n) is 29.0. The molecule has 4 heterocycles. The van der Waals surface area contributed by atoms with Gasteiger partial charge in [-0.05, 0) is 74.3 Å². The number of hydrogen-bond acceptors (Lipinski definition) is 7. The Morgan fingerprint density at radius 2 is 1.44 bits per heavy atom. The van der Waals surface area contributed by atoms with E-state index in [4.69, 9.17) is 4.74 Å². The SMILES string of the molecule is C.CC(=O)N1CCC(N2CCN(C(=O)[C@@H](Cc3cc(C)c(O)c(C)c3)OC(=O)N3CCC(N4CCc5ccccc5NC4=O)CC3)CC2)CC1. The Hall–Kier alpha value is -4.32. The normalized spacial score (nSPS) is 19.9. The van der Waals surface area contributed by atoms with E-state index in [-0.39, 0.29) is 43.5 Å². The average molecular weight is 691 g/mol. The number of aromatic hydroxyl groups is 1. The second-order valence-electron chi connectivity index (χ2n) is 14.0. The second-order valence-corrected chi connectivity index (χ2v) is 14.0. The van der Waals surface area contributed by atoms with Crippen molar-refractivity contribution >= 4 is 29.6 Å². The van der Waals surface area contributed by atoms with Crippen LogP contribution in [0.25, 0.3) is 0 Å². The Morgan fingerprint density at radius 1 is 0.840 bits per heavy atom. The van der Waals surface area contributed by atoms with E-state index in [0.717, 1.165) is 62.3 Å². The van der Waals surface area contributed by atoms with E-state index >= 15 is 0 Å². The van der Waals surface area contributed by atoms with Crippen LogP contribution in [0.4, 0.5) is 15.3 Å². The smallest absolute Gasteiger partial charge is 0.410 e. The lowest BCUT2D eigenvalue weighted by Gasteiger charge is -2.43. The number of likely N-dealkylation sites (tertiary alicyclic amines) is 2. The first kappa shape index (κ1) is 36.9. The van der Waals surface area contributed by atoms with Crippen molar-refractivity contribution in [2.45, 2.75) is 84.9 Å². The van der Waals surface area contributed by atoms with Crippen molar-refractivity contribution < 1.29 is 29.0 Å². The first-order valence-corrected chi connectivity index (χ1v) is 17.8. The molecule has 0 bridgehead atoms. The summed E-state index contributed by atoms with van der Waals surface area (Å²) in [5.41, 5.74) is 4.20. The molecule has 0 radical (unpaired) electrons. The van der Waals surface area contributed by atoms with Crippen molar-refractivity contribution in [1.82, 2.24) is 24.5 Å². The number of hydrogen-bond donors (Lipinski definition) is 2. The predicted octanol–water partition coefficient (Wildman–Crippen LogP) is 4.40. The van der Waals surface area contributed by atoms with Crippen LogP contribution in [0.2, 0.25) is 0 Å². The van der Waals surface area contributed by atoms with Crippen molar-refractivity contribution in [3.63, 3.8) is 0 Å². The summed E-state index contributed by atoms with van der Waals surface area (Å²) < 4.78 is 6.05. The Balaban J connectivity index is 0.00000486. The number of rotatable bonds is 6. The zero-order chi connectivity index (χ0) is 34.7. The fourth-order valence-electron chi connectivity index (χ4n) is 7.91. The van der Waals surface area contributed by atoms with E-state index in [1.54, 1.807) is 11.8 Å². The lowest BCUT2D eigenvalue weighted by Crippen LogP contribution is -2.57. The average Bonchev–Trinajstić information content (AvgIpc) is 3.28. The number of piperidine rings is 2. The number of nitrogens with zero attached hydrogens (tertiary/aromatic N) is 5. The Bertz CT molecular complexity index is 1520. The van der Waals surface area contributed by atoms with E-state index in [1.165, 1.54) is 0 Å². The fraction of sp³-hybridized carbons (Fsp3) is 0.579. The highest BCUT2D eigenvalue weighted by Gasteiger charge is 2.36. The topological polar surface area (TPSA) is 126 Å². The molecule has 50 heavy (non-hydrogen) atoms. The van der Waals surface area contributed by atoms with Gasteiger partial charge in [0.25, 0.3) is 5.91 Å². The van der Waals surface area contributed by atoms with E-state index < -0.39 is 12.2 Å². The van der Waals surface area contributed by atoms with Crippen molar-refractivity contribution in [2.75, 3.05) is 64.2 Å². The van der Waals surface area contributed by atoms with E-state index in [1.807, 2.05) is 64.9 Å². The molecule has 272 valence electrons. The third-order valence-electron chi connectivity index (χ3n) is 10.8. The molecule has 4 aliphatic heterocycles. The van der Waals surface area contributed by atoms with Crippen LogP contribution in [0.5, 0.6) is 5.75 Å². The fourth-order valence-corrected chi connectivity index (χ4v) is 7.91. The Labute approximate surface area is 296 Å². The summed E-state index contributed by atoms with van der Waals surface area (Å²) in [4.78, 5) is 62.2. The molecular formula is C38H54N6O6. The number of piperazine rings is 1. The zero-order valence-corrected chi connectivity index (χ0v) is 29.0. The van der Waals surface area contributed by atoms with Gasteiger partial charge in [0.05, 0.1) is 0 Å². The highest BCUT2D eigenvalue weighted by atomic mass is 16.6. The van der Waals surface area contributed by atoms with Crippen LogP contribution in [0.1, 0.15) is 62.3 Å². The van der Waals surface area contributed by atoms with Crippen LogP contribution < -0.4 is 5.32 Å². The maximum atomic E-state index is 14.0. The molecule has 5 amide bonds. The summed E-state index contributed by atoms with van der Waals surface area (Å²) in [6, 6.07) is 11.8. The number of ether oxygens (including phenoxy) is 1. The van der Waals surface area contributed by atoms with Gasteiger partial charge in [-0.15, -0.1) is 0 Å². The molecular weight excluding hydrogens is 636 g/mol. The van der Waals surface area contributed by atoms with Crippen molar-refractivity contribution in [3.05, 3.63) is 58.7 Å². The molecule has 3 saturated heterocycles. The van der Waals surface area contributed by atoms with Gasteiger partial charge in [0.1, 0.15) is 5.75 Å². The number of anilines is 1. The van der Waals surface area contributed by atoms with Crippen LogP contribution in [0.15, 0.2) is 36.4 Å². The summed E-state index contributed by atoms with van der Waals surface area (Å²) in [6.45, 7) is 10.8. The van der Waals surface area contributed by atoms with Crippen molar-refractivity contribution in [3.8, 4) is 5.75 Å². The molecule has 6 rings (SSSR count). The molecule has 0 unspecified atom stereocenters. The number of urea groups is 1. The first-order chi connectivity index (χ1) is 23.6. The summed E-state index contributed by atoms with van der Waals surface area (Å²) in [7, 11) is 0. The predicted molar refractivity (Wildman–Crippen MR) is 192 cm³/mol. The van der Waals surface area contributed by atoms with Crippen LogP contribution in [0.3, 0.4) is 0 Å². The number of amides is 5. The summed E-state index contributed by atoms with van der Waals surface area (Å²) in [5.74, 6) is 0.131. The summed E-state index contributed by atoms with van der Waals surface area (Å²) in [5, 5.41) is 13.4. The minimum Gasteiger partial charge on any atom is -0.507 e. The van der Waals surface area contributed by atoms with Crippen molar-refractivity contribution in [2.24, 2.45) is 0 Å². The number of carbonyl (C=O) groups is 4. The maximum Gasteiger partial charge on any atom is 0.410 e. The lowest BCUT2D eigenvalue weighted by molar-refractivity contribution is -0.143. The van der Waals surface area contributed by atoms with Gasteiger partial charge < -0.3 is 34.8 Å². The number of benzene rings is 2. The van der Waals surface area contributed by atoms with Crippen molar-refractivity contribution in [1.29, 1.82) is 0 Å². The van der Waals surface area contributed by atoms with Crippen LogP contribution in [-0.2, 0) is 27.2 Å².